The van der Waals surface area contributed by atoms with Gasteiger partial charge in [0.05, 0.1) is 6.54 Å². The summed E-state index contributed by atoms with van der Waals surface area (Å²) in [6.45, 7) is 0.578. The predicted molar refractivity (Wildman–Crippen MR) is 91.2 cm³/mol. The Hall–Kier alpha value is -2.23. The summed E-state index contributed by atoms with van der Waals surface area (Å²) in [7, 11) is 0. The van der Waals surface area contributed by atoms with Crippen molar-refractivity contribution in [1.29, 1.82) is 0 Å². The van der Waals surface area contributed by atoms with Crippen LogP contribution in [0, 0.1) is 11.6 Å². The van der Waals surface area contributed by atoms with E-state index in [4.69, 9.17) is 4.74 Å². The molecule has 2 heterocycles. The fourth-order valence-corrected chi connectivity index (χ4v) is 3.88. The lowest BCUT2D eigenvalue weighted by molar-refractivity contribution is -0.146. The maximum atomic E-state index is 14.4. The third-order valence-corrected chi connectivity index (χ3v) is 5.39. The van der Waals surface area contributed by atoms with Gasteiger partial charge in [-0.1, -0.05) is 24.4 Å². The Kier molecular flexibility index (Phi) is 5.46. The molecule has 0 bridgehead atoms. The van der Waals surface area contributed by atoms with Crippen LogP contribution in [0.15, 0.2) is 16.7 Å². The van der Waals surface area contributed by atoms with Crippen molar-refractivity contribution in [3.05, 3.63) is 41.0 Å². The molecule has 0 N–H and O–H groups in total. The molecule has 0 spiro atoms. The lowest BCUT2D eigenvalue weighted by Gasteiger charge is -2.38. The maximum absolute atomic E-state index is 14.4. The molecule has 158 valence electrons. The first kappa shape index (κ1) is 20.1. The van der Waals surface area contributed by atoms with Crippen molar-refractivity contribution >= 4 is 0 Å². The Balaban J connectivity index is 1.32. The van der Waals surface area contributed by atoms with Crippen LogP contribution in [0.1, 0.15) is 55.3 Å². The van der Waals surface area contributed by atoms with Gasteiger partial charge in [0.15, 0.2) is 17.4 Å². The molecule has 5 nitrogen and oxygen atoms in total. The summed E-state index contributed by atoms with van der Waals surface area (Å²) in [4.78, 5) is 4.97. The van der Waals surface area contributed by atoms with Crippen molar-refractivity contribution in [1.82, 2.24) is 15.0 Å². The van der Waals surface area contributed by atoms with E-state index in [-0.39, 0.29) is 31.4 Å². The van der Waals surface area contributed by atoms with E-state index in [0.29, 0.717) is 5.56 Å². The zero-order valence-electron chi connectivity index (χ0n) is 15.5. The van der Waals surface area contributed by atoms with E-state index >= 15 is 0 Å². The second kappa shape index (κ2) is 7.89. The highest BCUT2D eigenvalue weighted by molar-refractivity contribution is 5.33. The first-order valence-corrected chi connectivity index (χ1v) is 9.57. The zero-order valence-corrected chi connectivity index (χ0v) is 15.5. The molecule has 10 heteroatoms. The van der Waals surface area contributed by atoms with Crippen molar-refractivity contribution in [2.45, 2.75) is 56.8 Å². The van der Waals surface area contributed by atoms with Gasteiger partial charge in [-0.25, -0.2) is 8.78 Å². The smallest absolute Gasteiger partial charge is 0.455 e. The highest BCUT2D eigenvalue weighted by Crippen LogP contribution is 2.36. The molecular formula is C19H20F5N3O2. The van der Waals surface area contributed by atoms with Crippen LogP contribution in [0.3, 0.4) is 0 Å². The minimum atomic E-state index is -4.67. The van der Waals surface area contributed by atoms with E-state index in [1.807, 2.05) is 0 Å². The molecule has 2 fully saturated rings. The number of halogens is 5. The summed E-state index contributed by atoms with van der Waals surface area (Å²) in [5.41, 5.74) is 0.666. The maximum Gasteiger partial charge on any atom is 0.455 e. The average Bonchev–Trinajstić information content (AvgIpc) is 3.12. The SMILES string of the molecule is Fc1cc(C2CCCCC2)cc(F)c1OC1CN(Cc2nc(C(F)(F)F)no2)C1. The predicted octanol–water partition coefficient (Wildman–Crippen LogP) is 4.68. The summed E-state index contributed by atoms with van der Waals surface area (Å²) in [6, 6.07) is 2.70. The van der Waals surface area contributed by atoms with Crippen LogP contribution in [0.25, 0.3) is 0 Å². The van der Waals surface area contributed by atoms with Gasteiger partial charge in [0, 0.05) is 13.1 Å². The quantitative estimate of drug-likeness (QED) is 0.662. The van der Waals surface area contributed by atoms with E-state index in [2.05, 4.69) is 14.7 Å². The van der Waals surface area contributed by atoms with Gasteiger partial charge in [0.2, 0.25) is 5.89 Å². The van der Waals surface area contributed by atoms with Crippen molar-refractivity contribution < 1.29 is 31.2 Å². The molecular weight excluding hydrogens is 397 g/mol. The topological polar surface area (TPSA) is 51.4 Å². The Morgan fingerprint density at radius 2 is 1.72 bits per heavy atom. The molecule has 4 rings (SSSR count). The number of aromatic nitrogens is 2. The molecule has 1 aliphatic carbocycles. The molecule has 1 saturated carbocycles. The zero-order chi connectivity index (χ0) is 20.6. The van der Waals surface area contributed by atoms with Crippen LogP contribution in [-0.4, -0.2) is 34.2 Å². The van der Waals surface area contributed by atoms with E-state index in [1.54, 1.807) is 4.90 Å². The fraction of sp³-hybridized carbons (Fsp3) is 0.579. The van der Waals surface area contributed by atoms with Crippen molar-refractivity contribution in [3.63, 3.8) is 0 Å². The summed E-state index contributed by atoms with van der Waals surface area (Å²) in [5.74, 6) is -3.19. The Morgan fingerprint density at radius 1 is 1.07 bits per heavy atom. The van der Waals surface area contributed by atoms with Crippen LogP contribution in [0.5, 0.6) is 5.75 Å². The lowest BCUT2D eigenvalue weighted by Crippen LogP contribution is -2.53. The second-order valence-electron chi connectivity index (χ2n) is 7.59. The molecule has 29 heavy (non-hydrogen) atoms. The Bertz CT molecular complexity index is 835. The van der Waals surface area contributed by atoms with Crippen LogP contribution >= 0.6 is 0 Å². The first-order chi connectivity index (χ1) is 13.8. The van der Waals surface area contributed by atoms with E-state index in [0.717, 1.165) is 32.1 Å². The van der Waals surface area contributed by atoms with Crippen LogP contribution in [-0.2, 0) is 12.7 Å². The van der Waals surface area contributed by atoms with Gasteiger partial charge >= 0.3 is 6.18 Å². The first-order valence-electron chi connectivity index (χ1n) is 9.57. The van der Waals surface area contributed by atoms with Gasteiger partial charge in [-0.05, 0) is 36.5 Å². The summed E-state index contributed by atoms with van der Waals surface area (Å²) < 4.78 is 76.3. The number of benzene rings is 1. The number of hydrogen-bond acceptors (Lipinski definition) is 5. The number of nitrogens with zero attached hydrogens (tertiary/aromatic N) is 3. The van der Waals surface area contributed by atoms with Crippen LogP contribution < -0.4 is 4.74 Å². The number of alkyl halides is 3. The summed E-state index contributed by atoms with van der Waals surface area (Å²) in [6.07, 6.45) is 0.0152. The van der Waals surface area contributed by atoms with Gasteiger partial charge < -0.3 is 9.26 Å². The van der Waals surface area contributed by atoms with Crippen LogP contribution in [0.4, 0.5) is 22.0 Å². The third-order valence-electron chi connectivity index (χ3n) is 5.39. The van der Waals surface area contributed by atoms with Crippen molar-refractivity contribution in [2.75, 3.05) is 13.1 Å². The molecule has 0 unspecified atom stereocenters. The standard InChI is InChI=1S/C19H20F5N3O2/c20-14-6-12(11-4-2-1-3-5-11)7-15(21)17(14)28-13-8-27(9-13)10-16-25-18(26-29-16)19(22,23)24/h6-7,11,13H,1-5,8-10H2. The third kappa shape index (κ3) is 4.52. The Morgan fingerprint density at radius 3 is 2.31 bits per heavy atom. The number of rotatable bonds is 5. The lowest BCUT2D eigenvalue weighted by atomic mass is 9.84. The van der Waals surface area contributed by atoms with Gasteiger partial charge in [0.25, 0.3) is 5.82 Å². The largest absolute Gasteiger partial charge is 0.482 e. The van der Waals surface area contributed by atoms with E-state index in [9.17, 15) is 22.0 Å². The van der Waals surface area contributed by atoms with Gasteiger partial charge in [-0.2, -0.15) is 18.2 Å². The number of likely N-dealkylation sites (tertiary alicyclic amines) is 1. The fourth-order valence-electron chi connectivity index (χ4n) is 3.88. The highest BCUT2D eigenvalue weighted by Gasteiger charge is 2.38. The number of hydrogen-bond donors (Lipinski definition) is 0. The molecule has 2 aromatic rings. The molecule has 2 aliphatic rings. The van der Waals surface area contributed by atoms with E-state index in [1.165, 1.54) is 12.1 Å². The Labute approximate surface area is 163 Å². The average molecular weight is 417 g/mol. The minimum absolute atomic E-state index is 0.00845. The minimum Gasteiger partial charge on any atom is -0.482 e. The van der Waals surface area contributed by atoms with Gasteiger partial charge in [-0.15, -0.1) is 0 Å². The monoisotopic (exact) mass is 417 g/mol. The van der Waals surface area contributed by atoms with Gasteiger partial charge in [-0.3, -0.25) is 4.90 Å². The molecule has 0 atom stereocenters. The molecule has 0 amide bonds. The summed E-state index contributed by atoms with van der Waals surface area (Å²) >= 11 is 0. The highest BCUT2D eigenvalue weighted by atomic mass is 19.4. The molecule has 0 radical (unpaired) electrons. The molecule has 1 saturated heterocycles. The molecule has 1 aliphatic heterocycles. The summed E-state index contributed by atoms with van der Waals surface area (Å²) in [5, 5.41) is 2.89. The van der Waals surface area contributed by atoms with Crippen molar-refractivity contribution in [3.8, 4) is 5.75 Å². The molecule has 1 aromatic heterocycles. The van der Waals surface area contributed by atoms with Crippen LogP contribution in [0.2, 0.25) is 0 Å². The number of ether oxygens (including phenoxy) is 1. The van der Waals surface area contributed by atoms with Crippen molar-refractivity contribution in [2.24, 2.45) is 0 Å². The second-order valence-corrected chi connectivity index (χ2v) is 7.59. The van der Waals surface area contributed by atoms with Gasteiger partial charge in [0.1, 0.15) is 6.10 Å². The van der Waals surface area contributed by atoms with E-state index < -0.39 is 35.5 Å². The molecule has 1 aromatic carbocycles. The normalized spacial score (nSPS) is 19.3.